The molecule has 0 saturated heterocycles. The van der Waals surface area contributed by atoms with Crippen molar-refractivity contribution in [1.29, 1.82) is 0 Å². The first-order valence-electron chi connectivity index (χ1n) is 7.25. The molecule has 0 unspecified atom stereocenters. The average molecular weight is 370 g/mol. The highest BCUT2D eigenvalue weighted by Gasteiger charge is 1.75. The Balaban J connectivity index is -0.0000000439. The van der Waals surface area contributed by atoms with Gasteiger partial charge in [-0.25, -0.2) is 0 Å². The maximum Gasteiger partial charge on any atom is 0.302 e. The smallest absolute Gasteiger partial charge is 0.302 e. The number of rotatable bonds is 0. The Bertz CT molecular complexity index is 258. The fourth-order valence-corrected chi connectivity index (χ4v) is 0. The van der Waals surface area contributed by atoms with Crippen LogP contribution in [0.1, 0.15) is 34.6 Å². The third-order valence-electron chi connectivity index (χ3n) is 0.992. The van der Waals surface area contributed by atoms with Crippen LogP contribution in [-0.4, -0.2) is 73.1 Å². The molecular formula is C16H39N3O6. The minimum Gasteiger partial charge on any atom is -0.469 e. The second kappa shape index (κ2) is 43.1. The van der Waals surface area contributed by atoms with Gasteiger partial charge in [0.2, 0.25) is 11.8 Å². The summed E-state index contributed by atoms with van der Waals surface area (Å²) in [6.45, 7) is 7.36. The Kier molecular flexibility index (Phi) is 66.4. The predicted molar refractivity (Wildman–Crippen MR) is 101 cm³/mol. The van der Waals surface area contributed by atoms with Crippen LogP contribution in [0.15, 0.2) is 0 Å². The molecule has 0 saturated carbocycles. The number of amides is 2. The molecule has 0 aliphatic rings. The van der Waals surface area contributed by atoms with Gasteiger partial charge in [-0.1, -0.05) is 0 Å². The summed E-state index contributed by atoms with van der Waals surface area (Å²) in [6.07, 6.45) is 0. The molecule has 0 fully saturated rings. The van der Waals surface area contributed by atoms with E-state index in [9.17, 15) is 19.2 Å². The third-order valence-corrected chi connectivity index (χ3v) is 0.992. The minimum absolute atomic E-state index is 0.00463. The second-order valence-electron chi connectivity index (χ2n) is 4.12. The number of esters is 1. The number of hydrogen-bond acceptors (Lipinski definition) is 7. The van der Waals surface area contributed by atoms with Crippen LogP contribution < -0.4 is 16.0 Å². The van der Waals surface area contributed by atoms with Gasteiger partial charge in [-0.2, -0.15) is 0 Å². The van der Waals surface area contributed by atoms with Gasteiger partial charge >= 0.3 is 5.97 Å². The molecule has 0 aliphatic heterocycles. The third kappa shape index (κ3) is 550. The van der Waals surface area contributed by atoms with Crippen LogP contribution in [0.25, 0.3) is 0 Å². The van der Waals surface area contributed by atoms with Crippen molar-refractivity contribution in [3.8, 4) is 0 Å². The lowest BCUT2D eigenvalue weighted by Crippen LogP contribution is -2.11. The Labute approximate surface area is 153 Å². The van der Waals surface area contributed by atoms with Gasteiger partial charge in [0.05, 0.1) is 7.11 Å². The standard InChI is InChI=1S/2C3H7NO.C3H6O2.C3H6O.C2H7N.C2H6O/c2*1-3(5)4-2;1-3(4)5-2;1-3(2)4;2*1-3-2/h2*1-2H3,(H,4,5);1-2H3;1-2H3;3H,1-2H3;1-2H3. The normalized spacial score (nSPS) is 6.56. The number of Topliss-reactive ketones (excluding diaryl/α,β-unsaturated/α-hetero) is 1. The molecule has 9 nitrogen and oxygen atoms in total. The molecule has 25 heavy (non-hydrogen) atoms. The van der Waals surface area contributed by atoms with Crippen molar-refractivity contribution in [2.75, 3.05) is 49.5 Å². The summed E-state index contributed by atoms with van der Waals surface area (Å²) in [5, 5.41) is 7.53. The highest BCUT2D eigenvalue weighted by atomic mass is 16.5. The second-order valence-corrected chi connectivity index (χ2v) is 4.12. The largest absolute Gasteiger partial charge is 0.469 e. The first kappa shape index (κ1) is 38.5. The molecule has 0 radical (unpaired) electrons. The first-order chi connectivity index (χ1) is 11.4. The van der Waals surface area contributed by atoms with Gasteiger partial charge in [-0.3, -0.25) is 14.4 Å². The summed E-state index contributed by atoms with van der Waals surface area (Å²) < 4.78 is 8.36. The van der Waals surface area contributed by atoms with Crippen molar-refractivity contribution in [2.24, 2.45) is 0 Å². The number of carbonyl (C=O) groups excluding carboxylic acids is 4. The highest BCUT2D eigenvalue weighted by Crippen LogP contribution is 1.60. The number of carbonyl (C=O) groups is 4. The van der Waals surface area contributed by atoms with Crippen LogP contribution in [-0.2, 0) is 28.7 Å². The Morgan fingerprint density at radius 3 is 0.720 bits per heavy atom. The first-order valence-corrected chi connectivity index (χ1v) is 7.25. The van der Waals surface area contributed by atoms with E-state index in [1.807, 2.05) is 14.1 Å². The van der Waals surface area contributed by atoms with Crippen molar-refractivity contribution in [1.82, 2.24) is 16.0 Å². The zero-order valence-electron chi connectivity index (χ0n) is 17.9. The molecule has 0 aromatic carbocycles. The molecule has 0 atom stereocenters. The summed E-state index contributed by atoms with van der Waals surface area (Å²) in [7, 11) is 11.5. The summed E-state index contributed by atoms with van der Waals surface area (Å²) in [4.78, 5) is 38.4. The molecular weight excluding hydrogens is 330 g/mol. The van der Waals surface area contributed by atoms with Gasteiger partial charge in [-0.05, 0) is 27.9 Å². The molecule has 3 N–H and O–H groups in total. The molecule has 0 spiro atoms. The SMILES string of the molecule is CC(C)=O.CNC.CNC(C)=O.CNC(C)=O.COC.COC(C)=O. The lowest BCUT2D eigenvalue weighted by atomic mass is 10.6. The Hall–Kier alpha value is -2.00. The van der Waals surface area contributed by atoms with Crippen molar-refractivity contribution in [2.45, 2.75) is 34.6 Å². The van der Waals surface area contributed by atoms with Crippen LogP contribution >= 0.6 is 0 Å². The maximum absolute atomic E-state index is 9.70. The van der Waals surface area contributed by atoms with Gasteiger partial charge in [0.25, 0.3) is 0 Å². The van der Waals surface area contributed by atoms with Crippen LogP contribution in [0.4, 0.5) is 0 Å². The number of methoxy groups -OCH3 is 2. The molecule has 0 aromatic heterocycles. The summed E-state index contributed by atoms with van der Waals surface area (Å²) in [5.74, 6) is -0.0694. The fraction of sp³-hybridized carbons (Fsp3) is 0.750. The van der Waals surface area contributed by atoms with E-state index in [1.165, 1.54) is 41.7 Å². The van der Waals surface area contributed by atoms with Crippen molar-refractivity contribution in [3.05, 3.63) is 0 Å². The monoisotopic (exact) mass is 369 g/mol. The van der Waals surface area contributed by atoms with E-state index in [0.29, 0.717) is 0 Å². The molecule has 0 rings (SSSR count). The molecule has 0 aliphatic carbocycles. The zero-order chi connectivity index (χ0) is 21.8. The zero-order valence-corrected chi connectivity index (χ0v) is 17.9. The number of nitrogens with one attached hydrogen (secondary N) is 3. The van der Waals surface area contributed by atoms with Crippen molar-refractivity contribution >= 4 is 23.6 Å². The van der Waals surface area contributed by atoms with Gasteiger partial charge in [0.15, 0.2) is 0 Å². The Morgan fingerprint density at radius 2 is 0.720 bits per heavy atom. The summed E-state index contributed by atoms with van der Waals surface area (Å²) in [6, 6.07) is 0. The van der Waals surface area contributed by atoms with E-state index < -0.39 is 0 Å². The van der Waals surface area contributed by atoms with Gasteiger partial charge in [-0.15, -0.1) is 0 Å². The lowest BCUT2D eigenvalue weighted by molar-refractivity contribution is -0.138. The molecule has 154 valence electrons. The highest BCUT2D eigenvalue weighted by molar-refractivity contribution is 5.72. The van der Waals surface area contributed by atoms with Crippen LogP contribution in [0.5, 0.6) is 0 Å². The van der Waals surface area contributed by atoms with E-state index in [1.54, 1.807) is 28.3 Å². The molecule has 2 amide bonds. The predicted octanol–water partition coefficient (Wildman–Crippen LogP) is 0.377. The van der Waals surface area contributed by atoms with Crippen LogP contribution in [0, 0.1) is 0 Å². The maximum atomic E-state index is 9.70. The lowest BCUT2D eigenvalue weighted by Gasteiger charge is -1.80. The topological polar surface area (TPSA) is 123 Å². The van der Waals surface area contributed by atoms with Gasteiger partial charge in [0, 0.05) is 49.1 Å². The van der Waals surface area contributed by atoms with Crippen molar-refractivity contribution in [3.63, 3.8) is 0 Å². The van der Waals surface area contributed by atoms with Gasteiger partial charge < -0.3 is 30.2 Å². The van der Waals surface area contributed by atoms with Crippen molar-refractivity contribution < 1.29 is 28.7 Å². The van der Waals surface area contributed by atoms with Gasteiger partial charge in [0.1, 0.15) is 5.78 Å². The van der Waals surface area contributed by atoms with Crippen LogP contribution in [0.2, 0.25) is 0 Å². The van der Waals surface area contributed by atoms with Crippen LogP contribution in [0.3, 0.4) is 0 Å². The fourth-order valence-electron chi connectivity index (χ4n) is 0. The van der Waals surface area contributed by atoms with E-state index in [2.05, 4.69) is 25.4 Å². The quantitative estimate of drug-likeness (QED) is 0.527. The average Bonchev–Trinajstić information content (AvgIpc) is 2.49. The van der Waals surface area contributed by atoms with E-state index in [4.69, 9.17) is 0 Å². The number of ether oxygens (including phenoxy) is 2. The summed E-state index contributed by atoms with van der Waals surface area (Å²) in [5.41, 5.74) is 0. The molecule has 0 heterocycles. The summed E-state index contributed by atoms with van der Waals surface area (Å²) >= 11 is 0. The van der Waals surface area contributed by atoms with E-state index in [-0.39, 0.29) is 23.6 Å². The molecule has 0 aromatic rings. The Morgan fingerprint density at radius 1 is 0.640 bits per heavy atom. The van der Waals surface area contributed by atoms with E-state index in [0.717, 1.165) is 0 Å². The number of ketones is 1. The van der Waals surface area contributed by atoms with E-state index >= 15 is 0 Å². The molecule has 0 bridgehead atoms. The number of hydrogen-bond donors (Lipinski definition) is 3. The minimum atomic E-state index is -0.245. The molecule has 9 heteroatoms.